The Morgan fingerprint density at radius 2 is 0.948 bits per heavy atom. The maximum absolute atomic E-state index is 12.6. The molecule has 0 aliphatic heterocycles. The van der Waals surface area contributed by atoms with E-state index in [2.05, 4.69) is 74.6 Å². The zero-order chi connectivity index (χ0) is 42.3. The highest BCUT2D eigenvalue weighted by Gasteiger charge is 2.25. The number of carbonyl (C=O) groups excluding carboxylic acids is 1. The predicted molar refractivity (Wildman–Crippen MR) is 247 cm³/mol. The molecule has 0 amide bonds. The first-order chi connectivity index (χ1) is 28.4. The number of hydrogen-bond donors (Lipinski definition) is 2. The number of esters is 1. The van der Waals surface area contributed by atoms with E-state index in [1.807, 2.05) is 0 Å². The summed E-state index contributed by atoms with van der Waals surface area (Å²) in [5, 5.41) is 0. The van der Waals surface area contributed by atoms with Gasteiger partial charge in [0.1, 0.15) is 6.10 Å². The first kappa shape index (κ1) is 56.2. The quantitative estimate of drug-likeness (QED) is 0.0269. The maximum atomic E-state index is 12.6. The molecule has 0 radical (unpaired) electrons. The SMILES string of the molecule is CC/C=C\C/C=C\C/C=C\C/C=C\C/C=C\CCCC(=O)OC(COCCCCCCCCCCCCCCCCCCCCCCCC)COP(=O)(O)OCCN. The highest BCUT2D eigenvalue weighted by atomic mass is 31.2. The minimum atomic E-state index is -4.30. The molecule has 3 N–H and O–H groups in total. The van der Waals surface area contributed by atoms with Crippen LogP contribution in [-0.4, -0.2) is 49.9 Å². The standard InChI is InChI=1S/C49H90NO7P/c1-3-5-7-9-11-13-15-17-19-21-22-23-24-25-27-29-31-33-35-37-39-41-44-54-46-48(47-56-58(52,53)55-45-43-50)57-49(51)42-40-38-36-34-32-30-28-26-20-18-16-14-12-10-8-6-4-2/h6,8,12,14,18,20,28,30,34,36,48H,3-5,7,9-11,13,15-17,19,21-27,29,31-33,35,37-47,50H2,1-2H3,(H,52,53)/b8-6-,14-12-,20-18-,30-28-,36-34-. The maximum Gasteiger partial charge on any atom is 0.472 e. The number of hydrogen-bond acceptors (Lipinski definition) is 7. The number of allylic oxidation sites excluding steroid dienone is 10. The molecule has 0 aromatic heterocycles. The fourth-order valence-corrected chi connectivity index (χ4v) is 7.27. The van der Waals surface area contributed by atoms with Gasteiger partial charge in [-0.05, 0) is 51.4 Å². The molecule has 0 aromatic rings. The van der Waals surface area contributed by atoms with E-state index in [4.69, 9.17) is 24.3 Å². The molecular weight excluding hydrogens is 746 g/mol. The van der Waals surface area contributed by atoms with Crippen LogP contribution in [0.5, 0.6) is 0 Å². The van der Waals surface area contributed by atoms with Gasteiger partial charge >= 0.3 is 13.8 Å². The van der Waals surface area contributed by atoms with Gasteiger partial charge in [-0.15, -0.1) is 0 Å². The van der Waals surface area contributed by atoms with Crippen molar-refractivity contribution in [3.8, 4) is 0 Å². The second kappa shape index (κ2) is 46.3. The molecule has 2 unspecified atom stereocenters. The van der Waals surface area contributed by atoms with Crippen molar-refractivity contribution in [3.05, 3.63) is 60.8 Å². The van der Waals surface area contributed by atoms with E-state index in [1.54, 1.807) is 0 Å². The third-order valence-corrected chi connectivity index (χ3v) is 10.9. The van der Waals surface area contributed by atoms with Crippen LogP contribution in [0, 0.1) is 0 Å². The first-order valence-electron chi connectivity index (χ1n) is 23.8. The van der Waals surface area contributed by atoms with Gasteiger partial charge < -0.3 is 20.1 Å². The fraction of sp³-hybridized carbons (Fsp3) is 0.776. The van der Waals surface area contributed by atoms with Crippen LogP contribution in [0.2, 0.25) is 0 Å². The Kier molecular flexibility index (Phi) is 44.8. The summed E-state index contributed by atoms with van der Waals surface area (Å²) >= 11 is 0. The molecule has 2 atom stereocenters. The molecule has 0 heterocycles. The Bertz CT molecular complexity index is 1070. The number of unbranched alkanes of at least 4 members (excludes halogenated alkanes) is 22. The highest BCUT2D eigenvalue weighted by Crippen LogP contribution is 2.43. The van der Waals surface area contributed by atoms with Gasteiger partial charge in [-0.3, -0.25) is 13.8 Å². The van der Waals surface area contributed by atoms with Crippen LogP contribution in [0.15, 0.2) is 60.8 Å². The van der Waals surface area contributed by atoms with Gasteiger partial charge in [-0.25, -0.2) is 4.57 Å². The minimum Gasteiger partial charge on any atom is -0.457 e. The van der Waals surface area contributed by atoms with E-state index in [1.165, 1.54) is 128 Å². The zero-order valence-corrected chi connectivity index (χ0v) is 38.4. The summed E-state index contributed by atoms with van der Waals surface area (Å²) in [6.45, 7) is 4.75. The molecule has 0 saturated heterocycles. The molecule has 338 valence electrons. The smallest absolute Gasteiger partial charge is 0.457 e. The summed E-state index contributed by atoms with van der Waals surface area (Å²) in [5.74, 6) is -0.385. The number of nitrogens with two attached hydrogens (primary N) is 1. The van der Waals surface area contributed by atoms with Crippen molar-refractivity contribution in [2.75, 3.05) is 33.0 Å². The Morgan fingerprint density at radius 3 is 1.38 bits per heavy atom. The molecular formula is C49H90NO7P. The first-order valence-corrected chi connectivity index (χ1v) is 25.3. The lowest BCUT2D eigenvalue weighted by molar-refractivity contribution is -0.154. The van der Waals surface area contributed by atoms with Crippen LogP contribution in [0.3, 0.4) is 0 Å². The van der Waals surface area contributed by atoms with Gasteiger partial charge in [0.25, 0.3) is 0 Å². The molecule has 0 aliphatic rings. The highest BCUT2D eigenvalue weighted by molar-refractivity contribution is 7.47. The third kappa shape index (κ3) is 45.3. The summed E-state index contributed by atoms with van der Waals surface area (Å²) in [5.41, 5.74) is 5.37. The van der Waals surface area contributed by atoms with Crippen LogP contribution in [0.1, 0.15) is 206 Å². The van der Waals surface area contributed by atoms with Crippen LogP contribution in [-0.2, 0) is 27.9 Å². The molecule has 0 spiro atoms. The lowest BCUT2D eigenvalue weighted by atomic mass is 10.0. The van der Waals surface area contributed by atoms with Crippen molar-refractivity contribution in [2.45, 2.75) is 213 Å². The Hall–Kier alpha value is -1.80. The third-order valence-electron chi connectivity index (χ3n) is 9.95. The molecule has 0 bridgehead atoms. The van der Waals surface area contributed by atoms with Crippen LogP contribution in [0.4, 0.5) is 0 Å². The lowest BCUT2D eigenvalue weighted by Gasteiger charge is -2.20. The van der Waals surface area contributed by atoms with E-state index < -0.39 is 13.9 Å². The summed E-state index contributed by atoms with van der Waals surface area (Å²) < 4.78 is 33.4. The Labute approximate surface area is 357 Å². The Morgan fingerprint density at radius 1 is 0.534 bits per heavy atom. The molecule has 58 heavy (non-hydrogen) atoms. The monoisotopic (exact) mass is 836 g/mol. The van der Waals surface area contributed by atoms with E-state index in [9.17, 15) is 14.3 Å². The van der Waals surface area contributed by atoms with Crippen molar-refractivity contribution in [2.24, 2.45) is 5.73 Å². The van der Waals surface area contributed by atoms with Gasteiger partial charge in [0.2, 0.25) is 0 Å². The fourth-order valence-electron chi connectivity index (χ4n) is 6.50. The number of ether oxygens (including phenoxy) is 2. The molecule has 8 nitrogen and oxygen atoms in total. The van der Waals surface area contributed by atoms with Crippen LogP contribution in [0.25, 0.3) is 0 Å². The average Bonchev–Trinajstić information content (AvgIpc) is 3.21. The van der Waals surface area contributed by atoms with Crippen molar-refractivity contribution < 1.29 is 32.8 Å². The van der Waals surface area contributed by atoms with Crippen LogP contribution >= 0.6 is 7.82 Å². The molecule has 0 fully saturated rings. The molecule has 0 aliphatic carbocycles. The topological polar surface area (TPSA) is 117 Å². The second-order valence-electron chi connectivity index (χ2n) is 15.6. The van der Waals surface area contributed by atoms with Crippen molar-refractivity contribution in [3.63, 3.8) is 0 Å². The van der Waals surface area contributed by atoms with Crippen molar-refractivity contribution in [1.82, 2.24) is 0 Å². The van der Waals surface area contributed by atoms with Gasteiger partial charge in [0, 0.05) is 19.6 Å². The number of phosphoric ester groups is 1. The van der Waals surface area contributed by atoms with E-state index in [0.29, 0.717) is 13.0 Å². The van der Waals surface area contributed by atoms with Crippen LogP contribution < -0.4 is 5.73 Å². The Balaban J connectivity index is 4.02. The van der Waals surface area contributed by atoms with Gasteiger partial charge in [-0.2, -0.15) is 0 Å². The molecule has 0 aromatic carbocycles. The summed E-state index contributed by atoms with van der Waals surface area (Å²) in [7, 11) is -4.30. The van der Waals surface area contributed by atoms with E-state index in [0.717, 1.165) is 51.4 Å². The largest absolute Gasteiger partial charge is 0.472 e. The van der Waals surface area contributed by atoms with Gasteiger partial charge in [0.05, 0.1) is 19.8 Å². The zero-order valence-electron chi connectivity index (χ0n) is 37.5. The summed E-state index contributed by atoms with van der Waals surface area (Å²) in [6, 6.07) is 0. The van der Waals surface area contributed by atoms with Crippen molar-refractivity contribution in [1.29, 1.82) is 0 Å². The number of carbonyl (C=O) groups is 1. The predicted octanol–water partition coefficient (Wildman–Crippen LogP) is 14.5. The van der Waals surface area contributed by atoms with Gasteiger partial charge in [0.15, 0.2) is 0 Å². The molecule has 0 rings (SSSR count). The number of rotatable bonds is 45. The minimum absolute atomic E-state index is 0.0901. The van der Waals surface area contributed by atoms with Gasteiger partial charge in [-0.1, -0.05) is 209 Å². The lowest BCUT2D eigenvalue weighted by Crippen LogP contribution is -2.28. The summed E-state index contributed by atoms with van der Waals surface area (Å²) in [6.07, 6.45) is 56.9. The van der Waals surface area contributed by atoms with E-state index in [-0.39, 0.29) is 38.8 Å². The summed E-state index contributed by atoms with van der Waals surface area (Å²) in [4.78, 5) is 22.5. The molecule has 0 saturated carbocycles. The average molecular weight is 836 g/mol. The normalized spacial score (nSPS) is 13.9. The number of phosphoric acid groups is 1. The molecule has 9 heteroatoms. The van der Waals surface area contributed by atoms with E-state index >= 15 is 0 Å². The second-order valence-corrected chi connectivity index (χ2v) is 17.1. The van der Waals surface area contributed by atoms with Crippen molar-refractivity contribution >= 4 is 13.8 Å².